The van der Waals surface area contributed by atoms with E-state index in [-0.39, 0.29) is 0 Å². The van der Waals surface area contributed by atoms with E-state index in [2.05, 4.69) is 16.4 Å². The second-order valence-corrected chi connectivity index (χ2v) is 4.37. The first kappa shape index (κ1) is 13.8. The third-order valence-corrected chi connectivity index (χ3v) is 2.84. The number of nitrogens with one attached hydrogen (secondary N) is 1. The number of nitrogens with zero attached hydrogens (tertiary/aromatic N) is 1. The monoisotopic (exact) mass is 260 g/mol. The molecule has 2 aromatic rings. The third kappa shape index (κ3) is 3.91. The number of para-hydroxylation sites is 1. The molecule has 0 spiro atoms. The maximum atomic E-state index is 5.79. The summed E-state index contributed by atoms with van der Waals surface area (Å²) >= 11 is 0. The zero-order valence-corrected chi connectivity index (χ0v) is 11.5. The smallest absolute Gasteiger partial charge is 0.145 e. The van der Waals surface area contributed by atoms with Crippen molar-refractivity contribution in [2.45, 2.75) is 6.92 Å². The van der Waals surface area contributed by atoms with Gasteiger partial charge in [-0.25, -0.2) is 4.98 Å². The van der Waals surface area contributed by atoms with Crippen LogP contribution in [-0.2, 0) is 4.74 Å². The highest BCUT2D eigenvalue weighted by Gasteiger charge is 2.03. The highest BCUT2D eigenvalue weighted by molar-refractivity contribution is 5.84. The van der Waals surface area contributed by atoms with Crippen LogP contribution in [0.3, 0.4) is 0 Å². The van der Waals surface area contributed by atoms with Crippen LogP contribution in [0.5, 0.6) is 5.75 Å². The molecule has 4 nitrogen and oxygen atoms in total. The van der Waals surface area contributed by atoms with Crippen LogP contribution in [0.2, 0.25) is 0 Å². The van der Waals surface area contributed by atoms with Gasteiger partial charge in [-0.05, 0) is 19.1 Å². The van der Waals surface area contributed by atoms with E-state index in [4.69, 9.17) is 9.47 Å². The summed E-state index contributed by atoms with van der Waals surface area (Å²) in [5.41, 5.74) is 1.93. The molecule has 0 amide bonds. The minimum atomic E-state index is 0.623. The van der Waals surface area contributed by atoms with E-state index in [1.165, 1.54) is 0 Å². The lowest BCUT2D eigenvalue weighted by Crippen LogP contribution is -2.24. The predicted molar refractivity (Wildman–Crippen MR) is 76.7 cm³/mol. The van der Waals surface area contributed by atoms with Crippen molar-refractivity contribution in [1.29, 1.82) is 0 Å². The van der Waals surface area contributed by atoms with Gasteiger partial charge in [0.2, 0.25) is 0 Å². The van der Waals surface area contributed by atoms with E-state index < -0.39 is 0 Å². The fourth-order valence-corrected chi connectivity index (χ4v) is 1.87. The topological polar surface area (TPSA) is 43.4 Å². The van der Waals surface area contributed by atoms with E-state index in [0.29, 0.717) is 6.61 Å². The van der Waals surface area contributed by atoms with Gasteiger partial charge >= 0.3 is 0 Å². The lowest BCUT2D eigenvalue weighted by Gasteiger charge is -2.09. The number of hydrogen-bond acceptors (Lipinski definition) is 4. The van der Waals surface area contributed by atoms with Gasteiger partial charge < -0.3 is 14.8 Å². The molecule has 0 saturated heterocycles. The number of aromatic nitrogens is 1. The Morgan fingerprint density at radius 3 is 2.79 bits per heavy atom. The van der Waals surface area contributed by atoms with Crippen molar-refractivity contribution >= 4 is 10.9 Å². The van der Waals surface area contributed by atoms with Crippen molar-refractivity contribution in [3.05, 3.63) is 36.0 Å². The van der Waals surface area contributed by atoms with E-state index >= 15 is 0 Å². The van der Waals surface area contributed by atoms with Crippen molar-refractivity contribution < 1.29 is 9.47 Å². The third-order valence-electron chi connectivity index (χ3n) is 2.84. The second-order valence-electron chi connectivity index (χ2n) is 4.37. The quantitative estimate of drug-likeness (QED) is 0.775. The van der Waals surface area contributed by atoms with Crippen LogP contribution in [0, 0.1) is 6.92 Å². The molecule has 0 saturated carbocycles. The molecule has 4 heteroatoms. The first-order valence-electron chi connectivity index (χ1n) is 6.50. The van der Waals surface area contributed by atoms with Crippen molar-refractivity contribution in [2.24, 2.45) is 0 Å². The summed E-state index contributed by atoms with van der Waals surface area (Å²) in [7, 11) is 1.70. The lowest BCUT2D eigenvalue weighted by molar-refractivity contribution is 0.197. The molecule has 0 aliphatic rings. The van der Waals surface area contributed by atoms with Gasteiger partial charge in [-0.1, -0.05) is 18.2 Å². The van der Waals surface area contributed by atoms with Crippen LogP contribution in [0.4, 0.5) is 0 Å². The van der Waals surface area contributed by atoms with E-state index in [9.17, 15) is 0 Å². The summed E-state index contributed by atoms with van der Waals surface area (Å²) in [4.78, 5) is 4.54. The van der Waals surface area contributed by atoms with Crippen LogP contribution in [0.15, 0.2) is 30.3 Å². The first-order valence-corrected chi connectivity index (χ1v) is 6.50. The summed E-state index contributed by atoms with van der Waals surface area (Å²) in [6.45, 7) is 4.97. The molecule has 1 heterocycles. The fourth-order valence-electron chi connectivity index (χ4n) is 1.87. The maximum Gasteiger partial charge on any atom is 0.145 e. The number of hydrogen-bond donors (Lipinski definition) is 1. The van der Waals surface area contributed by atoms with Crippen LogP contribution >= 0.6 is 0 Å². The highest BCUT2D eigenvalue weighted by atomic mass is 16.5. The Bertz CT molecular complexity index is 529. The Hall–Kier alpha value is -1.65. The molecule has 19 heavy (non-hydrogen) atoms. The average Bonchev–Trinajstić information content (AvgIpc) is 2.43. The van der Waals surface area contributed by atoms with Gasteiger partial charge in [0.05, 0.1) is 6.61 Å². The molecule has 0 aliphatic carbocycles. The molecular formula is C15H20N2O2. The summed E-state index contributed by atoms with van der Waals surface area (Å²) < 4.78 is 10.8. The number of benzene rings is 1. The lowest BCUT2D eigenvalue weighted by atomic mass is 10.2. The molecule has 1 aromatic carbocycles. The van der Waals surface area contributed by atoms with Crippen molar-refractivity contribution in [2.75, 3.05) is 33.4 Å². The van der Waals surface area contributed by atoms with Gasteiger partial charge in [-0.3, -0.25) is 0 Å². The van der Waals surface area contributed by atoms with Crippen molar-refractivity contribution in [1.82, 2.24) is 10.3 Å². The van der Waals surface area contributed by atoms with Gasteiger partial charge in [0.1, 0.15) is 17.9 Å². The van der Waals surface area contributed by atoms with Crippen LogP contribution in [-0.4, -0.2) is 38.4 Å². The molecule has 0 aliphatic heterocycles. The van der Waals surface area contributed by atoms with Gasteiger partial charge in [-0.15, -0.1) is 0 Å². The summed E-state index contributed by atoms with van der Waals surface area (Å²) in [6, 6.07) is 10.1. The molecular weight excluding hydrogens is 240 g/mol. The maximum absolute atomic E-state index is 5.79. The molecule has 0 fully saturated rings. The molecule has 0 atom stereocenters. The number of pyridine rings is 1. The minimum Gasteiger partial charge on any atom is -0.490 e. The number of methoxy groups -OCH3 is 1. The van der Waals surface area contributed by atoms with Crippen LogP contribution in [0.25, 0.3) is 10.9 Å². The molecule has 0 bridgehead atoms. The number of fused-ring (bicyclic) bond motifs is 1. The van der Waals surface area contributed by atoms with Crippen molar-refractivity contribution in [3.8, 4) is 5.75 Å². The Labute approximate surface area is 113 Å². The SMILES string of the molecule is COCCNCCOc1cccc2ccc(C)nc12. The molecule has 0 radical (unpaired) electrons. The zero-order valence-electron chi connectivity index (χ0n) is 11.5. The Morgan fingerprint density at radius 1 is 1.11 bits per heavy atom. The van der Waals surface area contributed by atoms with E-state index in [0.717, 1.165) is 42.0 Å². The summed E-state index contributed by atoms with van der Waals surface area (Å²) in [5.74, 6) is 0.842. The van der Waals surface area contributed by atoms with E-state index in [1.807, 2.05) is 31.2 Å². The zero-order chi connectivity index (χ0) is 13.5. The van der Waals surface area contributed by atoms with E-state index in [1.54, 1.807) is 7.11 Å². The predicted octanol–water partition coefficient (Wildman–Crippen LogP) is 2.16. The van der Waals surface area contributed by atoms with Crippen molar-refractivity contribution in [3.63, 3.8) is 0 Å². The number of rotatable bonds is 7. The second kappa shape index (κ2) is 7.07. The molecule has 1 N–H and O–H groups in total. The molecule has 0 unspecified atom stereocenters. The van der Waals surface area contributed by atoms with Crippen LogP contribution in [0.1, 0.15) is 5.69 Å². The molecule has 1 aromatic heterocycles. The Balaban J connectivity index is 1.95. The average molecular weight is 260 g/mol. The van der Waals surface area contributed by atoms with Gasteiger partial charge in [0, 0.05) is 31.3 Å². The minimum absolute atomic E-state index is 0.623. The Morgan fingerprint density at radius 2 is 1.95 bits per heavy atom. The van der Waals surface area contributed by atoms with Gasteiger partial charge in [0.25, 0.3) is 0 Å². The first-order chi connectivity index (χ1) is 9.31. The molecule has 2 rings (SSSR count). The largest absolute Gasteiger partial charge is 0.490 e. The number of aryl methyl sites for hydroxylation is 1. The fraction of sp³-hybridized carbons (Fsp3) is 0.400. The summed E-state index contributed by atoms with van der Waals surface area (Å²) in [5, 5.41) is 4.35. The highest BCUT2D eigenvalue weighted by Crippen LogP contribution is 2.23. The van der Waals surface area contributed by atoms with Gasteiger partial charge in [0.15, 0.2) is 0 Å². The number of ether oxygens (including phenoxy) is 2. The molecule has 102 valence electrons. The summed E-state index contributed by atoms with van der Waals surface area (Å²) in [6.07, 6.45) is 0. The van der Waals surface area contributed by atoms with Gasteiger partial charge in [-0.2, -0.15) is 0 Å². The van der Waals surface area contributed by atoms with Crippen LogP contribution < -0.4 is 10.1 Å². The Kier molecular flexibility index (Phi) is 5.12. The normalized spacial score (nSPS) is 10.8. The standard InChI is InChI=1S/C15H20N2O2/c1-12-6-7-13-4-3-5-14(15(13)17-12)19-11-9-16-8-10-18-2/h3-7,16H,8-11H2,1-2H3.